The Morgan fingerprint density at radius 1 is 1.42 bits per heavy atom. The average molecular weight is 264 g/mol. The van der Waals surface area contributed by atoms with Crippen LogP contribution >= 0.6 is 0 Å². The van der Waals surface area contributed by atoms with Gasteiger partial charge in [-0.05, 0) is 18.2 Å². The summed E-state index contributed by atoms with van der Waals surface area (Å²) in [7, 11) is 1.23. The Balaban J connectivity index is 3.21. The number of ether oxygens (including phenoxy) is 1. The molecular weight excluding hydrogens is 252 g/mol. The van der Waals surface area contributed by atoms with Crippen LogP contribution in [0.3, 0.4) is 0 Å². The second kappa shape index (κ2) is 6.29. The molecule has 1 rings (SSSR count). The predicted molar refractivity (Wildman–Crippen MR) is 68.1 cm³/mol. The molecule has 0 aliphatic heterocycles. The quantitative estimate of drug-likeness (QED) is 0.506. The first-order chi connectivity index (χ1) is 8.93. The van der Waals surface area contributed by atoms with Crippen molar-refractivity contribution < 1.29 is 19.2 Å². The lowest BCUT2D eigenvalue weighted by atomic mass is 10.1. The molecule has 0 radical (unpaired) electrons. The van der Waals surface area contributed by atoms with Gasteiger partial charge >= 0.3 is 5.97 Å². The highest BCUT2D eigenvalue weighted by Gasteiger charge is 2.10. The van der Waals surface area contributed by atoms with Crippen LogP contribution < -0.4 is 5.32 Å². The topological polar surface area (TPSA) is 98.5 Å². The van der Waals surface area contributed by atoms with Crippen LogP contribution in [0.4, 0.5) is 5.69 Å². The zero-order chi connectivity index (χ0) is 14.4. The summed E-state index contributed by atoms with van der Waals surface area (Å²) >= 11 is 0. The first-order valence-electron chi connectivity index (χ1n) is 5.25. The Labute approximate surface area is 109 Å². The molecule has 0 atom stereocenters. The van der Waals surface area contributed by atoms with Gasteiger partial charge in [0.05, 0.1) is 17.6 Å². The second-order valence-corrected chi connectivity index (χ2v) is 3.58. The lowest BCUT2D eigenvalue weighted by molar-refractivity contribution is -0.400. The number of nitrogens with zero attached hydrogens (tertiary/aromatic N) is 1. The Kier molecular flexibility index (Phi) is 4.76. The van der Waals surface area contributed by atoms with Gasteiger partial charge in [-0.15, -0.1) is 0 Å². The molecule has 0 spiro atoms. The van der Waals surface area contributed by atoms with E-state index in [1.165, 1.54) is 38.3 Å². The molecule has 19 heavy (non-hydrogen) atoms. The van der Waals surface area contributed by atoms with Crippen LogP contribution in [0.15, 0.2) is 24.4 Å². The number of hydrogen-bond donors (Lipinski definition) is 1. The average Bonchev–Trinajstić information content (AvgIpc) is 2.35. The van der Waals surface area contributed by atoms with Gasteiger partial charge in [-0.1, -0.05) is 0 Å². The number of amides is 1. The summed E-state index contributed by atoms with van der Waals surface area (Å²) in [5.74, 6) is -0.883. The van der Waals surface area contributed by atoms with E-state index >= 15 is 0 Å². The second-order valence-electron chi connectivity index (χ2n) is 3.58. The van der Waals surface area contributed by atoms with Crippen molar-refractivity contribution in [1.29, 1.82) is 0 Å². The van der Waals surface area contributed by atoms with Crippen LogP contribution in [0.1, 0.15) is 22.8 Å². The van der Waals surface area contributed by atoms with E-state index < -0.39 is 10.9 Å². The van der Waals surface area contributed by atoms with Gasteiger partial charge in [0.1, 0.15) is 0 Å². The number of carbonyl (C=O) groups is 2. The van der Waals surface area contributed by atoms with Gasteiger partial charge < -0.3 is 10.1 Å². The minimum atomic E-state index is -0.637. The maximum Gasteiger partial charge on any atom is 0.337 e. The smallest absolute Gasteiger partial charge is 0.337 e. The Hall–Kier alpha value is -2.70. The molecule has 0 saturated carbocycles. The molecule has 0 aromatic heterocycles. The van der Waals surface area contributed by atoms with Crippen LogP contribution in [-0.2, 0) is 9.53 Å². The van der Waals surface area contributed by atoms with Crippen LogP contribution in [0.2, 0.25) is 0 Å². The minimum Gasteiger partial charge on any atom is -0.465 e. The van der Waals surface area contributed by atoms with Crippen LogP contribution in [-0.4, -0.2) is 23.9 Å². The maximum absolute atomic E-state index is 11.4. The van der Waals surface area contributed by atoms with Gasteiger partial charge in [0.15, 0.2) is 0 Å². The zero-order valence-electron chi connectivity index (χ0n) is 10.4. The third-order valence-electron chi connectivity index (χ3n) is 2.16. The molecular formula is C12H12N2O5. The highest BCUT2D eigenvalue weighted by atomic mass is 16.6. The SMILES string of the molecule is COC(=O)c1ccc(NC(C)=O)c(/C=C/[N+](=O)[O-])c1. The van der Waals surface area contributed by atoms with Gasteiger partial charge in [-0.2, -0.15) is 0 Å². The molecule has 1 aromatic carbocycles. The minimum absolute atomic E-state index is 0.236. The van der Waals surface area contributed by atoms with Crippen molar-refractivity contribution in [2.75, 3.05) is 12.4 Å². The molecule has 0 saturated heterocycles. The summed E-state index contributed by atoms with van der Waals surface area (Å²) in [6.07, 6.45) is 1.92. The Bertz CT molecular complexity index is 551. The monoisotopic (exact) mass is 264 g/mol. The lowest BCUT2D eigenvalue weighted by Gasteiger charge is -2.08. The van der Waals surface area contributed by atoms with E-state index in [0.717, 1.165) is 6.20 Å². The Morgan fingerprint density at radius 2 is 2.11 bits per heavy atom. The molecule has 1 aromatic rings. The van der Waals surface area contributed by atoms with E-state index in [1.54, 1.807) is 0 Å². The van der Waals surface area contributed by atoms with Crippen LogP contribution in [0, 0.1) is 10.1 Å². The normalized spacial score (nSPS) is 10.2. The number of hydrogen-bond acceptors (Lipinski definition) is 5. The van der Waals surface area contributed by atoms with Gasteiger partial charge in [0, 0.05) is 24.3 Å². The van der Waals surface area contributed by atoms with Gasteiger partial charge in [0.25, 0.3) is 0 Å². The summed E-state index contributed by atoms with van der Waals surface area (Å²) in [5.41, 5.74) is 0.952. The van der Waals surface area contributed by atoms with Crippen molar-refractivity contribution in [1.82, 2.24) is 0 Å². The summed E-state index contributed by atoms with van der Waals surface area (Å²) < 4.78 is 4.55. The summed E-state index contributed by atoms with van der Waals surface area (Å²) in [4.78, 5) is 32.1. The van der Waals surface area contributed by atoms with Crippen molar-refractivity contribution in [2.45, 2.75) is 6.92 Å². The number of anilines is 1. The fourth-order valence-electron chi connectivity index (χ4n) is 1.39. The molecule has 7 heteroatoms. The number of methoxy groups -OCH3 is 1. The Morgan fingerprint density at radius 3 is 2.63 bits per heavy atom. The third-order valence-corrected chi connectivity index (χ3v) is 2.16. The fourth-order valence-corrected chi connectivity index (χ4v) is 1.39. The number of nitro groups is 1. The van der Waals surface area contributed by atoms with Gasteiger partial charge in [0.2, 0.25) is 12.1 Å². The van der Waals surface area contributed by atoms with Crippen molar-refractivity contribution in [3.63, 3.8) is 0 Å². The first kappa shape index (κ1) is 14.4. The number of nitrogens with one attached hydrogen (secondary N) is 1. The summed E-state index contributed by atoms with van der Waals surface area (Å²) in [5, 5.41) is 12.8. The van der Waals surface area contributed by atoms with Crippen molar-refractivity contribution >= 4 is 23.6 Å². The zero-order valence-corrected chi connectivity index (χ0v) is 10.4. The van der Waals surface area contributed by atoms with E-state index in [1.807, 2.05) is 0 Å². The number of esters is 1. The van der Waals surface area contributed by atoms with Crippen LogP contribution in [0.5, 0.6) is 0 Å². The molecule has 0 unspecified atom stereocenters. The molecule has 0 aliphatic carbocycles. The summed E-state index contributed by atoms with van der Waals surface area (Å²) in [6.45, 7) is 1.31. The molecule has 1 amide bonds. The molecule has 7 nitrogen and oxygen atoms in total. The fraction of sp³-hybridized carbons (Fsp3) is 0.167. The number of benzene rings is 1. The predicted octanol–water partition coefficient (Wildman–Crippen LogP) is 1.68. The lowest BCUT2D eigenvalue weighted by Crippen LogP contribution is -2.08. The van der Waals surface area contributed by atoms with Crippen molar-refractivity contribution in [2.24, 2.45) is 0 Å². The van der Waals surface area contributed by atoms with Crippen molar-refractivity contribution in [3.8, 4) is 0 Å². The molecule has 100 valence electrons. The number of rotatable bonds is 4. The van der Waals surface area contributed by atoms with E-state index in [2.05, 4.69) is 10.1 Å². The van der Waals surface area contributed by atoms with Gasteiger partial charge in [-0.25, -0.2) is 4.79 Å². The standard InChI is InChI=1S/C12H12N2O5/c1-8(15)13-11-4-3-10(12(16)19-2)7-9(11)5-6-14(17)18/h3-7H,1-2H3,(H,13,15)/b6-5+. The van der Waals surface area contributed by atoms with Gasteiger partial charge in [-0.3, -0.25) is 14.9 Å². The number of carbonyl (C=O) groups excluding carboxylic acids is 2. The molecule has 0 fully saturated rings. The third kappa shape index (κ3) is 4.23. The van der Waals surface area contributed by atoms with Crippen LogP contribution in [0.25, 0.3) is 6.08 Å². The maximum atomic E-state index is 11.4. The van der Waals surface area contributed by atoms with E-state index in [0.29, 0.717) is 11.3 Å². The van der Waals surface area contributed by atoms with E-state index in [9.17, 15) is 19.7 Å². The first-order valence-corrected chi connectivity index (χ1v) is 5.25. The molecule has 0 aliphatic rings. The van der Waals surface area contributed by atoms with Crippen molar-refractivity contribution in [3.05, 3.63) is 45.6 Å². The van der Waals surface area contributed by atoms with E-state index in [4.69, 9.17) is 0 Å². The molecule has 0 bridgehead atoms. The molecule has 0 heterocycles. The summed E-state index contributed by atoms with van der Waals surface area (Å²) in [6, 6.07) is 4.34. The largest absolute Gasteiger partial charge is 0.465 e. The molecule has 1 N–H and O–H groups in total. The van der Waals surface area contributed by atoms with E-state index in [-0.39, 0.29) is 11.5 Å². The highest BCUT2D eigenvalue weighted by Crippen LogP contribution is 2.20. The highest BCUT2D eigenvalue weighted by molar-refractivity contribution is 5.94.